The van der Waals surface area contributed by atoms with Crippen LogP contribution in [0.25, 0.3) is 0 Å². The average molecular weight is 292 g/mol. The second-order valence-corrected chi connectivity index (χ2v) is 6.29. The maximum atomic E-state index is 10.7. The molecule has 0 saturated carbocycles. The van der Waals surface area contributed by atoms with E-state index >= 15 is 0 Å². The molecule has 2 heterocycles. The van der Waals surface area contributed by atoms with Crippen LogP contribution < -0.4 is 4.74 Å². The molecule has 5 heteroatoms. The van der Waals surface area contributed by atoms with Crippen molar-refractivity contribution in [2.75, 3.05) is 7.11 Å². The lowest BCUT2D eigenvalue weighted by molar-refractivity contribution is 0.206. The summed E-state index contributed by atoms with van der Waals surface area (Å²) in [4.78, 5) is 2.44. The molecule has 20 heavy (non-hydrogen) atoms. The Balaban J connectivity index is 1.97. The third kappa shape index (κ3) is 2.25. The molecule has 0 aliphatic heterocycles. The maximum Gasteiger partial charge on any atom is 0.163 e. The zero-order valence-electron chi connectivity index (χ0n) is 11.9. The topological polar surface area (TPSA) is 47.3 Å². The fourth-order valence-electron chi connectivity index (χ4n) is 2.85. The Kier molecular flexibility index (Phi) is 3.81. The SMILES string of the molecule is CCn1ncc(OC)c1C(O)c1cc2c(s1)CCCC2. The summed E-state index contributed by atoms with van der Waals surface area (Å²) in [6.07, 6.45) is 5.84. The van der Waals surface area contributed by atoms with Gasteiger partial charge in [-0.15, -0.1) is 11.3 Å². The van der Waals surface area contributed by atoms with E-state index in [1.54, 1.807) is 24.6 Å². The van der Waals surface area contributed by atoms with E-state index < -0.39 is 6.10 Å². The monoisotopic (exact) mass is 292 g/mol. The van der Waals surface area contributed by atoms with Gasteiger partial charge in [0.1, 0.15) is 11.8 Å². The molecule has 1 unspecified atom stereocenters. The first-order chi connectivity index (χ1) is 9.74. The first kappa shape index (κ1) is 13.6. The minimum absolute atomic E-state index is 0.650. The third-order valence-corrected chi connectivity index (χ3v) is 5.20. The number of hydrogen-bond donors (Lipinski definition) is 1. The predicted molar refractivity (Wildman–Crippen MR) is 79.5 cm³/mol. The Morgan fingerprint density at radius 2 is 2.25 bits per heavy atom. The van der Waals surface area contributed by atoms with Crippen molar-refractivity contribution in [1.82, 2.24) is 9.78 Å². The summed E-state index contributed by atoms with van der Waals surface area (Å²) in [7, 11) is 1.62. The first-order valence-electron chi connectivity index (χ1n) is 7.13. The maximum absolute atomic E-state index is 10.7. The number of hydrogen-bond acceptors (Lipinski definition) is 4. The lowest BCUT2D eigenvalue weighted by atomic mass is 9.99. The summed E-state index contributed by atoms with van der Waals surface area (Å²) in [5.74, 6) is 0.658. The standard InChI is InChI=1S/C15H20N2O2S/c1-3-17-14(11(19-2)9-16-17)15(18)13-8-10-6-4-5-7-12(10)20-13/h8-9,15,18H,3-7H2,1-2H3. The second kappa shape index (κ2) is 5.58. The number of ether oxygens (including phenoxy) is 1. The van der Waals surface area contributed by atoms with Crippen molar-refractivity contribution < 1.29 is 9.84 Å². The predicted octanol–water partition coefficient (Wildman–Crippen LogP) is 2.93. The van der Waals surface area contributed by atoms with Crippen molar-refractivity contribution >= 4 is 11.3 Å². The number of aliphatic hydroxyl groups excluding tert-OH is 1. The summed E-state index contributed by atoms with van der Waals surface area (Å²) in [6, 6.07) is 2.16. The molecule has 0 aromatic carbocycles. The van der Waals surface area contributed by atoms with Gasteiger partial charge in [-0.1, -0.05) is 0 Å². The molecule has 108 valence electrons. The molecule has 3 rings (SSSR count). The van der Waals surface area contributed by atoms with Gasteiger partial charge in [0.15, 0.2) is 5.75 Å². The van der Waals surface area contributed by atoms with Crippen LogP contribution in [-0.2, 0) is 19.4 Å². The molecule has 0 bridgehead atoms. The lowest BCUT2D eigenvalue weighted by Crippen LogP contribution is -2.09. The molecule has 1 atom stereocenters. The van der Waals surface area contributed by atoms with Gasteiger partial charge in [-0.25, -0.2) is 0 Å². The quantitative estimate of drug-likeness (QED) is 0.942. The van der Waals surface area contributed by atoms with Gasteiger partial charge in [0.05, 0.1) is 13.3 Å². The van der Waals surface area contributed by atoms with Crippen molar-refractivity contribution in [1.29, 1.82) is 0 Å². The van der Waals surface area contributed by atoms with Gasteiger partial charge in [-0.2, -0.15) is 5.10 Å². The smallest absolute Gasteiger partial charge is 0.163 e. The second-order valence-electron chi connectivity index (χ2n) is 5.12. The van der Waals surface area contributed by atoms with Crippen LogP contribution in [-0.4, -0.2) is 22.0 Å². The van der Waals surface area contributed by atoms with E-state index in [0.717, 1.165) is 30.0 Å². The fraction of sp³-hybridized carbons (Fsp3) is 0.533. The molecule has 0 amide bonds. The van der Waals surface area contributed by atoms with Gasteiger partial charge in [0, 0.05) is 16.3 Å². The molecular formula is C15H20N2O2S. The van der Waals surface area contributed by atoms with Crippen LogP contribution in [0.2, 0.25) is 0 Å². The Labute approximate surface area is 123 Å². The van der Waals surface area contributed by atoms with Gasteiger partial charge >= 0.3 is 0 Å². The largest absolute Gasteiger partial charge is 0.493 e. The molecule has 1 N–H and O–H groups in total. The van der Waals surface area contributed by atoms with E-state index in [0.29, 0.717) is 5.75 Å². The minimum Gasteiger partial charge on any atom is -0.493 e. The van der Waals surface area contributed by atoms with Crippen LogP contribution in [0.4, 0.5) is 0 Å². The third-order valence-electron chi connectivity index (χ3n) is 3.91. The molecule has 0 fully saturated rings. The lowest BCUT2D eigenvalue weighted by Gasteiger charge is -2.12. The summed E-state index contributed by atoms with van der Waals surface area (Å²) in [5, 5.41) is 15.0. The van der Waals surface area contributed by atoms with E-state index in [4.69, 9.17) is 4.74 Å². The Bertz CT molecular complexity index is 558. The van der Waals surface area contributed by atoms with Crippen LogP contribution in [0.5, 0.6) is 5.75 Å². The number of nitrogens with zero attached hydrogens (tertiary/aromatic N) is 2. The number of thiophene rings is 1. The zero-order chi connectivity index (χ0) is 14.1. The Morgan fingerprint density at radius 1 is 1.45 bits per heavy atom. The number of fused-ring (bicyclic) bond motifs is 1. The van der Waals surface area contributed by atoms with Gasteiger partial charge in [-0.05, 0) is 44.2 Å². The van der Waals surface area contributed by atoms with Crippen molar-refractivity contribution in [2.45, 2.75) is 45.3 Å². The first-order valence-corrected chi connectivity index (χ1v) is 7.95. The number of aryl methyl sites for hydroxylation is 3. The van der Waals surface area contributed by atoms with E-state index in [1.807, 2.05) is 11.6 Å². The summed E-state index contributed by atoms with van der Waals surface area (Å²) in [6.45, 7) is 2.74. The zero-order valence-corrected chi connectivity index (χ0v) is 12.7. The van der Waals surface area contributed by atoms with Gasteiger partial charge in [-0.3, -0.25) is 4.68 Å². The van der Waals surface area contributed by atoms with Crippen molar-refractivity contribution in [3.05, 3.63) is 33.3 Å². The van der Waals surface area contributed by atoms with Crippen LogP contribution in [0.15, 0.2) is 12.3 Å². The van der Waals surface area contributed by atoms with Crippen LogP contribution in [0, 0.1) is 0 Å². The Hall–Kier alpha value is -1.33. The van der Waals surface area contributed by atoms with E-state index in [1.165, 1.54) is 23.3 Å². The van der Waals surface area contributed by atoms with Crippen LogP contribution in [0.1, 0.15) is 46.9 Å². The van der Waals surface area contributed by atoms with Gasteiger partial charge in [0.25, 0.3) is 0 Å². The molecule has 0 radical (unpaired) electrons. The number of methoxy groups -OCH3 is 1. The van der Waals surface area contributed by atoms with Crippen LogP contribution >= 0.6 is 11.3 Å². The molecule has 4 nitrogen and oxygen atoms in total. The minimum atomic E-state index is -0.650. The van der Waals surface area contributed by atoms with Gasteiger partial charge in [0.2, 0.25) is 0 Å². The normalized spacial score (nSPS) is 15.9. The highest BCUT2D eigenvalue weighted by molar-refractivity contribution is 7.12. The molecule has 2 aromatic heterocycles. The van der Waals surface area contributed by atoms with Crippen LogP contribution in [0.3, 0.4) is 0 Å². The number of aliphatic hydroxyl groups is 1. The summed E-state index contributed by atoms with van der Waals surface area (Å²) < 4.78 is 7.14. The average Bonchev–Trinajstić information content (AvgIpc) is 3.09. The molecule has 2 aromatic rings. The summed E-state index contributed by atoms with van der Waals surface area (Å²) in [5.41, 5.74) is 2.17. The fourth-order valence-corrected chi connectivity index (χ4v) is 4.09. The molecule has 1 aliphatic rings. The highest BCUT2D eigenvalue weighted by Crippen LogP contribution is 2.37. The van der Waals surface area contributed by atoms with Gasteiger partial charge < -0.3 is 9.84 Å². The number of rotatable bonds is 4. The molecule has 0 spiro atoms. The Morgan fingerprint density at radius 3 is 2.95 bits per heavy atom. The highest BCUT2D eigenvalue weighted by Gasteiger charge is 2.24. The number of aromatic nitrogens is 2. The highest BCUT2D eigenvalue weighted by atomic mass is 32.1. The summed E-state index contributed by atoms with van der Waals surface area (Å²) >= 11 is 1.73. The molecular weight excluding hydrogens is 272 g/mol. The van der Waals surface area contributed by atoms with E-state index in [9.17, 15) is 5.11 Å². The van der Waals surface area contributed by atoms with E-state index in [2.05, 4.69) is 11.2 Å². The van der Waals surface area contributed by atoms with E-state index in [-0.39, 0.29) is 0 Å². The van der Waals surface area contributed by atoms with Crippen molar-refractivity contribution in [3.8, 4) is 5.75 Å². The molecule has 1 aliphatic carbocycles. The van der Waals surface area contributed by atoms with Crippen molar-refractivity contribution in [3.63, 3.8) is 0 Å². The van der Waals surface area contributed by atoms with Crippen molar-refractivity contribution in [2.24, 2.45) is 0 Å². The molecule has 0 saturated heterocycles.